The quantitative estimate of drug-likeness (QED) is 0.180. The molecular weight excluding hydrogens is 666 g/mol. The number of nitrogens with one attached hydrogen (secondary N) is 1. The molecule has 0 bridgehead atoms. The number of hydrogen-bond acceptors (Lipinski definition) is 6. The van der Waals surface area contributed by atoms with E-state index < -0.39 is 29.3 Å². The van der Waals surface area contributed by atoms with Crippen LogP contribution in [-0.2, 0) is 28.0 Å². The van der Waals surface area contributed by atoms with E-state index in [0.717, 1.165) is 28.0 Å². The van der Waals surface area contributed by atoms with E-state index >= 15 is 4.39 Å². The van der Waals surface area contributed by atoms with Gasteiger partial charge in [-0.15, -0.1) is 0 Å². The monoisotopic (exact) mass is 700 g/mol. The SMILES string of the molecule is C.CCOc1cccc(CN2[C@H]3Cc4c5cc(C)c(C(=O)OC)cc5nn4[C@H]3[C@H](c3cccc(Cl)c3F)[C@]23C(=O)Nc2cc(Cl)ccc23)c1. The van der Waals surface area contributed by atoms with Crippen molar-refractivity contribution in [2.24, 2.45) is 0 Å². The number of fused-ring (bicyclic) bond motifs is 7. The van der Waals surface area contributed by atoms with Crippen LogP contribution in [0.2, 0.25) is 10.0 Å². The van der Waals surface area contributed by atoms with Gasteiger partial charge in [-0.2, -0.15) is 5.10 Å². The fraction of sp³-hybridized carbons (Fsp3) is 0.289. The number of aryl methyl sites for hydroxylation is 1. The maximum atomic E-state index is 16.4. The van der Waals surface area contributed by atoms with Crippen LogP contribution < -0.4 is 10.1 Å². The lowest BCUT2D eigenvalue weighted by molar-refractivity contribution is -0.128. The number of halogens is 3. The molecule has 0 unspecified atom stereocenters. The highest BCUT2D eigenvalue weighted by atomic mass is 35.5. The van der Waals surface area contributed by atoms with Crippen LogP contribution in [0.25, 0.3) is 10.9 Å². The Morgan fingerprint density at radius 2 is 1.90 bits per heavy atom. The number of likely N-dealkylation sites (tertiary alicyclic amines) is 1. The highest BCUT2D eigenvalue weighted by Gasteiger charge is 2.69. The Hall–Kier alpha value is -4.44. The molecule has 11 heteroatoms. The molecule has 3 aliphatic rings. The molecule has 4 atom stereocenters. The summed E-state index contributed by atoms with van der Waals surface area (Å²) >= 11 is 12.9. The standard InChI is InChI=1S/C37H31Cl2FN4O4.CH4/c1-4-48-22-8-5-7-20(14-22)18-43-31-17-30-25-13-19(2)24(35(45)47-3)16-28(25)42-44(30)34(31)32(23-9-6-10-27(39)33(23)40)37(43)26-12-11-21(38)15-29(26)41-36(37)46;/h5-16,31-32,34H,4,17-18H2,1-3H3,(H,41,46);1H4/t31-,32-,34+,37+;/m0./s1. The molecule has 0 saturated carbocycles. The Morgan fingerprint density at radius 1 is 1.10 bits per heavy atom. The van der Waals surface area contributed by atoms with Crippen molar-refractivity contribution in [2.45, 2.75) is 57.8 Å². The Kier molecular flexibility index (Phi) is 8.21. The molecule has 0 radical (unpaired) electrons. The van der Waals surface area contributed by atoms with Crippen LogP contribution in [0.5, 0.6) is 5.75 Å². The number of carbonyl (C=O) groups is 2. The average Bonchev–Trinajstić information content (AvgIpc) is 3.76. The largest absolute Gasteiger partial charge is 0.494 e. The molecule has 0 aliphatic carbocycles. The lowest BCUT2D eigenvalue weighted by atomic mass is 9.73. The second-order valence-electron chi connectivity index (χ2n) is 12.6. The van der Waals surface area contributed by atoms with Gasteiger partial charge >= 0.3 is 5.97 Å². The van der Waals surface area contributed by atoms with Crippen LogP contribution in [0.4, 0.5) is 10.1 Å². The fourth-order valence-electron chi connectivity index (χ4n) is 8.31. The third-order valence-corrected chi connectivity index (χ3v) is 10.7. The number of nitrogens with zero attached hydrogens (tertiary/aromatic N) is 3. The van der Waals surface area contributed by atoms with E-state index in [9.17, 15) is 9.59 Å². The summed E-state index contributed by atoms with van der Waals surface area (Å²) in [5, 5.41) is 9.51. The van der Waals surface area contributed by atoms with Crippen molar-refractivity contribution in [1.29, 1.82) is 0 Å². The Labute approximate surface area is 293 Å². The zero-order valence-electron chi connectivity index (χ0n) is 26.4. The first-order chi connectivity index (χ1) is 23.2. The van der Waals surface area contributed by atoms with Crippen LogP contribution in [0.3, 0.4) is 0 Å². The van der Waals surface area contributed by atoms with Crippen molar-refractivity contribution in [2.75, 3.05) is 19.0 Å². The van der Waals surface area contributed by atoms with Gasteiger partial charge in [0.25, 0.3) is 0 Å². The maximum Gasteiger partial charge on any atom is 0.338 e. The van der Waals surface area contributed by atoms with Gasteiger partial charge in [-0.25, -0.2) is 9.18 Å². The topological polar surface area (TPSA) is 85.7 Å². The second kappa shape index (κ2) is 12.2. The highest BCUT2D eigenvalue weighted by Crippen LogP contribution is 2.64. The van der Waals surface area contributed by atoms with Crippen LogP contribution in [0.1, 0.15) is 64.6 Å². The molecule has 8 rings (SSSR count). The predicted molar refractivity (Wildman–Crippen MR) is 188 cm³/mol. The number of anilines is 1. The van der Waals surface area contributed by atoms with Gasteiger partial charge in [0.1, 0.15) is 17.1 Å². The summed E-state index contributed by atoms with van der Waals surface area (Å²) in [5.74, 6) is -1.33. The summed E-state index contributed by atoms with van der Waals surface area (Å²) in [6.45, 7) is 4.68. The molecule has 8 nitrogen and oxygen atoms in total. The van der Waals surface area contributed by atoms with Gasteiger partial charge in [-0.05, 0) is 73.0 Å². The minimum atomic E-state index is -1.36. The summed E-state index contributed by atoms with van der Waals surface area (Å²) < 4.78 is 29.2. The minimum absolute atomic E-state index is 0. The molecule has 252 valence electrons. The summed E-state index contributed by atoms with van der Waals surface area (Å²) in [7, 11) is 1.35. The number of amides is 1. The minimum Gasteiger partial charge on any atom is -0.494 e. The van der Waals surface area contributed by atoms with Gasteiger partial charge in [0.2, 0.25) is 5.91 Å². The number of benzene rings is 4. The highest BCUT2D eigenvalue weighted by molar-refractivity contribution is 6.31. The van der Waals surface area contributed by atoms with Gasteiger partial charge < -0.3 is 14.8 Å². The van der Waals surface area contributed by atoms with E-state index in [1.807, 2.05) is 54.9 Å². The van der Waals surface area contributed by atoms with Crippen molar-refractivity contribution in [1.82, 2.24) is 14.7 Å². The van der Waals surface area contributed by atoms with Gasteiger partial charge in [0.05, 0.1) is 35.9 Å². The van der Waals surface area contributed by atoms with Crippen molar-refractivity contribution >= 4 is 51.7 Å². The number of ether oxygens (including phenoxy) is 2. The summed E-state index contributed by atoms with van der Waals surface area (Å²) in [6.07, 6.45) is 0.528. The molecule has 1 saturated heterocycles. The van der Waals surface area contributed by atoms with Gasteiger partial charge in [-0.3, -0.25) is 14.4 Å². The predicted octanol–water partition coefficient (Wildman–Crippen LogP) is 8.23. The number of carbonyl (C=O) groups excluding carboxylic acids is 2. The molecule has 4 aromatic carbocycles. The Balaban J connectivity index is 0.00000378. The summed E-state index contributed by atoms with van der Waals surface area (Å²) in [5.41, 5.74) is 3.96. The zero-order chi connectivity index (χ0) is 33.5. The zero-order valence-corrected chi connectivity index (χ0v) is 27.9. The van der Waals surface area contributed by atoms with Crippen molar-refractivity contribution < 1.29 is 23.5 Å². The molecule has 49 heavy (non-hydrogen) atoms. The smallest absolute Gasteiger partial charge is 0.338 e. The van der Waals surface area contributed by atoms with Crippen LogP contribution in [-0.4, -0.2) is 46.3 Å². The second-order valence-corrected chi connectivity index (χ2v) is 13.4. The van der Waals surface area contributed by atoms with Gasteiger partial charge in [0.15, 0.2) is 0 Å². The summed E-state index contributed by atoms with van der Waals surface area (Å²) in [6, 6.07) is 21.1. The van der Waals surface area contributed by atoms with Crippen LogP contribution in [0.15, 0.2) is 72.8 Å². The van der Waals surface area contributed by atoms with Crippen LogP contribution >= 0.6 is 23.2 Å². The first-order valence-corrected chi connectivity index (χ1v) is 16.6. The number of aromatic nitrogens is 2. The molecule has 4 heterocycles. The Bertz CT molecular complexity index is 2170. The lowest BCUT2D eigenvalue weighted by Gasteiger charge is -2.40. The van der Waals surface area contributed by atoms with E-state index in [2.05, 4.69) is 10.2 Å². The lowest BCUT2D eigenvalue weighted by Crippen LogP contribution is -2.52. The number of methoxy groups -OCH3 is 1. The van der Waals surface area contributed by atoms with E-state index in [-0.39, 0.29) is 24.4 Å². The molecule has 3 aliphatic heterocycles. The number of hydrogen-bond donors (Lipinski definition) is 1. The first kappa shape index (κ1) is 33.1. The number of rotatable bonds is 6. The fourth-order valence-corrected chi connectivity index (χ4v) is 8.67. The molecule has 5 aromatic rings. The first-order valence-electron chi connectivity index (χ1n) is 15.8. The molecule has 1 amide bonds. The van der Waals surface area contributed by atoms with Crippen LogP contribution in [0, 0.1) is 12.7 Å². The Morgan fingerprint density at radius 3 is 2.67 bits per heavy atom. The third-order valence-electron chi connectivity index (χ3n) is 10.1. The van der Waals surface area contributed by atoms with E-state index in [1.165, 1.54) is 13.2 Å². The maximum absolute atomic E-state index is 16.4. The summed E-state index contributed by atoms with van der Waals surface area (Å²) in [4.78, 5) is 29.6. The van der Waals surface area contributed by atoms with E-state index in [4.69, 9.17) is 37.8 Å². The van der Waals surface area contributed by atoms with E-state index in [0.29, 0.717) is 52.5 Å². The van der Waals surface area contributed by atoms with Crippen molar-refractivity contribution in [3.05, 3.63) is 122 Å². The molecule has 1 spiro atoms. The van der Waals surface area contributed by atoms with Gasteiger partial charge in [0, 0.05) is 52.3 Å². The normalized spacial score (nSPS) is 22.1. The van der Waals surface area contributed by atoms with Gasteiger partial charge in [-0.1, -0.05) is 61.0 Å². The molecule has 1 fully saturated rings. The molecule has 1 N–H and O–H groups in total. The number of esters is 1. The molecule has 1 aromatic heterocycles. The van der Waals surface area contributed by atoms with Crippen molar-refractivity contribution in [3.8, 4) is 5.75 Å². The average molecular weight is 702 g/mol. The van der Waals surface area contributed by atoms with E-state index in [1.54, 1.807) is 30.3 Å². The van der Waals surface area contributed by atoms with Crippen molar-refractivity contribution in [3.63, 3.8) is 0 Å². The third kappa shape index (κ3) is 4.77. The molecular formula is C38H35Cl2FN4O4.